The molecule has 5 nitrogen and oxygen atoms in total. The van der Waals surface area contributed by atoms with Crippen molar-refractivity contribution in [3.63, 3.8) is 0 Å². The van der Waals surface area contributed by atoms with Crippen molar-refractivity contribution < 1.29 is 14.1 Å². The molecule has 1 fully saturated rings. The Morgan fingerprint density at radius 3 is 3.05 bits per heavy atom. The van der Waals surface area contributed by atoms with Gasteiger partial charge in [-0.25, -0.2) is 4.39 Å². The second kappa shape index (κ2) is 7.31. The van der Waals surface area contributed by atoms with Crippen LogP contribution in [0.25, 0.3) is 0 Å². The minimum absolute atomic E-state index is 0.0776. The maximum absolute atomic E-state index is 13.1. The summed E-state index contributed by atoms with van der Waals surface area (Å²) in [5.74, 6) is 0.122. The molecule has 1 saturated heterocycles. The van der Waals surface area contributed by atoms with E-state index in [0.717, 1.165) is 25.6 Å². The van der Waals surface area contributed by atoms with Crippen molar-refractivity contribution in [2.45, 2.75) is 25.9 Å². The first-order valence-electron chi connectivity index (χ1n) is 6.88. The number of hydrogen-bond donors (Lipinski definition) is 1. The zero-order chi connectivity index (χ0) is 14.4. The molecule has 0 amide bonds. The van der Waals surface area contributed by atoms with E-state index in [1.165, 1.54) is 25.0 Å². The van der Waals surface area contributed by atoms with Crippen molar-refractivity contribution in [3.05, 3.63) is 39.7 Å². The highest BCUT2D eigenvalue weighted by atomic mass is 19.1. The van der Waals surface area contributed by atoms with Gasteiger partial charge >= 0.3 is 0 Å². The number of nitrogens with one attached hydrogen (secondary N) is 1. The lowest BCUT2D eigenvalue weighted by molar-refractivity contribution is -0.386. The van der Waals surface area contributed by atoms with Crippen LogP contribution >= 0.6 is 0 Å². The molecule has 1 unspecified atom stereocenters. The molecule has 0 radical (unpaired) electrons. The Labute approximate surface area is 117 Å². The summed E-state index contributed by atoms with van der Waals surface area (Å²) in [7, 11) is 0. The Morgan fingerprint density at radius 1 is 1.50 bits per heavy atom. The zero-order valence-electron chi connectivity index (χ0n) is 11.3. The van der Waals surface area contributed by atoms with E-state index < -0.39 is 10.7 Å². The molecule has 1 heterocycles. The fourth-order valence-electron chi connectivity index (χ4n) is 2.45. The van der Waals surface area contributed by atoms with Gasteiger partial charge in [0.15, 0.2) is 0 Å². The Morgan fingerprint density at radius 2 is 2.35 bits per heavy atom. The molecule has 1 aliphatic heterocycles. The summed E-state index contributed by atoms with van der Waals surface area (Å²) in [5.41, 5.74) is 0.197. The molecule has 20 heavy (non-hydrogen) atoms. The summed E-state index contributed by atoms with van der Waals surface area (Å²) in [6, 6.07) is 3.44. The first-order valence-corrected chi connectivity index (χ1v) is 6.88. The van der Waals surface area contributed by atoms with Crippen LogP contribution in [0.4, 0.5) is 10.1 Å². The van der Waals surface area contributed by atoms with Crippen molar-refractivity contribution in [1.29, 1.82) is 0 Å². The molecule has 2 rings (SSSR count). The average molecular weight is 282 g/mol. The summed E-state index contributed by atoms with van der Waals surface area (Å²) in [6.45, 7) is 2.70. The second-order valence-electron chi connectivity index (χ2n) is 5.08. The smallest absolute Gasteiger partial charge is 0.275 e. The molecule has 0 saturated carbocycles. The van der Waals surface area contributed by atoms with Crippen LogP contribution in [0.5, 0.6) is 0 Å². The fraction of sp³-hybridized carbons (Fsp3) is 0.571. The lowest BCUT2D eigenvalue weighted by Crippen LogP contribution is -2.30. The van der Waals surface area contributed by atoms with E-state index in [2.05, 4.69) is 5.32 Å². The summed E-state index contributed by atoms with van der Waals surface area (Å²) in [6.07, 6.45) is 3.30. The highest BCUT2D eigenvalue weighted by Crippen LogP contribution is 2.21. The number of rotatable bonds is 6. The first kappa shape index (κ1) is 14.9. The predicted molar refractivity (Wildman–Crippen MR) is 72.9 cm³/mol. The van der Waals surface area contributed by atoms with Crippen LogP contribution in [0.1, 0.15) is 24.8 Å². The van der Waals surface area contributed by atoms with Crippen LogP contribution in [0.2, 0.25) is 0 Å². The van der Waals surface area contributed by atoms with Gasteiger partial charge in [0.25, 0.3) is 5.69 Å². The van der Waals surface area contributed by atoms with Crippen molar-refractivity contribution in [2.75, 3.05) is 19.7 Å². The van der Waals surface area contributed by atoms with E-state index in [0.29, 0.717) is 12.5 Å². The van der Waals surface area contributed by atoms with Gasteiger partial charge in [0, 0.05) is 12.7 Å². The van der Waals surface area contributed by atoms with Gasteiger partial charge in [-0.1, -0.05) is 0 Å². The molecule has 0 aliphatic carbocycles. The number of ether oxygens (including phenoxy) is 1. The molecular formula is C14H19FN2O3. The molecule has 1 aromatic rings. The Hall–Kier alpha value is -1.53. The monoisotopic (exact) mass is 282 g/mol. The molecule has 0 spiro atoms. The number of hydrogen-bond acceptors (Lipinski definition) is 4. The third kappa shape index (κ3) is 4.25. The van der Waals surface area contributed by atoms with Crippen LogP contribution in [0.15, 0.2) is 18.2 Å². The van der Waals surface area contributed by atoms with Crippen molar-refractivity contribution in [2.24, 2.45) is 5.92 Å². The van der Waals surface area contributed by atoms with Crippen LogP contribution in [-0.4, -0.2) is 24.6 Å². The third-order valence-electron chi connectivity index (χ3n) is 3.57. The third-order valence-corrected chi connectivity index (χ3v) is 3.57. The summed E-state index contributed by atoms with van der Waals surface area (Å²) in [4.78, 5) is 10.3. The molecule has 0 bridgehead atoms. The van der Waals surface area contributed by atoms with Crippen molar-refractivity contribution in [3.8, 4) is 0 Å². The lowest BCUT2D eigenvalue weighted by atomic mass is 9.97. The van der Waals surface area contributed by atoms with Crippen LogP contribution in [-0.2, 0) is 11.3 Å². The molecule has 110 valence electrons. The number of piperidine rings is 1. The topological polar surface area (TPSA) is 64.4 Å². The van der Waals surface area contributed by atoms with E-state index in [9.17, 15) is 14.5 Å². The average Bonchev–Trinajstić information content (AvgIpc) is 2.44. The number of halogens is 1. The largest absolute Gasteiger partial charge is 0.376 e. The minimum Gasteiger partial charge on any atom is -0.376 e. The first-order chi connectivity index (χ1) is 9.66. The standard InChI is InChI=1S/C14H19FN2O3/c15-13-3-4-14(17(18)19)12(8-13)10-20-7-5-11-2-1-6-16-9-11/h3-4,8,11,16H,1-2,5-7,9-10H2. The zero-order valence-corrected chi connectivity index (χ0v) is 11.3. The van der Waals surface area contributed by atoms with Gasteiger partial charge in [0.2, 0.25) is 0 Å². The Kier molecular flexibility index (Phi) is 5.43. The van der Waals surface area contributed by atoms with E-state index >= 15 is 0 Å². The fourth-order valence-corrected chi connectivity index (χ4v) is 2.45. The molecule has 1 aromatic carbocycles. The van der Waals surface area contributed by atoms with Gasteiger partial charge in [-0.2, -0.15) is 0 Å². The van der Waals surface area contributed by atoms with Gasteiger partial charge in [-0.15, -0.1) is 0 Å². The van der Waals surface area contributed by atoms with E-state index in [1.54, 1.807) is 0 Å². The van der Waals surface area contributed by atoms with Crippen LogP contribution in [0, 0.1) is 21.8 Å². The van der Waals surface area contributed by atoms with Gasteiger partial charge in [-0.3, -0.25) is 10.1 Å². The summed E-state index contributed by atoms with van der Waals surface area (Å²) in [5, 5.41) is 14.2. The maximum Gasteiger partial charge on any atom is 0.275 e. The number of nitro benzene ring substituents is 1. The van der Waals surface area contributed by atoms with Gasteiger partial charge < -0.3 is 10.1 Å². The number of benzene rings is 1. The molecular weight excluding hydrogens is 263 g/mol. The van der Waals surface area contributed by atoms with E-state index in [-0.39, 0.29) is 17.9 Å². The Bertz CT molecular complexity index is 462. The van der Waals surface area contributed by atoms with Gasteiger partial charge in [-0.05, 0) is 50.4 Å². The predicted octanol–water partition coefficient (Wildman–Crippen LogP) is 2.64. The number of nitro groups is 1. The van der Waals surface area contributed by atoms with Crippen LogP contribution in [0.3, 0.4) is 0 Å². The molecule has 1 N–H and O–H groups in total. The van der Waals surface area contributed by atoms with Crippen LogP contribution < -0.4 is 5.32 Å². The lowest BCUT2D eigenvalue weighted by Gasteiger charge is -2.22. The Balaban J connectivity index is 1.81. The number of nitrogens with zero attached hydrogens (tertiary/aromatic N) is 1. The summed E-state index contributed by atoms with van der Waals surface area (Å²) >= 11 is 0. The minimum atomic E-state index is -0.511. The van der Waals surface area contributed by atoms with Crippen molar-refractivity contribution >= 4 is 5.69 Å². The highest BCUT2D eigenvalue weighted by molar-refractivity contribution is 5.39. The molecule has 1 aliphatic rings. The van der Waals surface area contributed by atoms with Gasteiger partial charge in [0.1, 0.15) is 5.82 Å². The van der Waals surface area contributed by atoms with Crippen molar-refractivity contribution in [1.82, 2.24) is 5.32 Å². The normalized spacial score (nSPS) is 18.9. The molecule has 6 heteroatoms. The quantitative estimate of drug-likeness (QED) is 0.495. The maximum atomic E-state index is 13.1. The highest BCUT2D eigenvalue weighted by Gasteiger charge is 2.15. The van der Waals surface area contributed by atoms with E-state index in [4.69, 9.17) is 4.74 Å². The SMILES string of the molecule is O=[N+]([O-])c1ccc(F)cc1COCCC1CCCNC1. The molecule has 1 atom stereocenters. The van der Waals surface area contributed by atoms with E-state index in [1.807, 2.05) is 0 Å². The second-order valence-corrected chi connectivity index (χ2v) is 5.08. The summed E-state index contributed by atoms with van der Waals surface area (Å²) < 4.78 is 18.6. The van der Waals surface area contributed by atoms with Gasteiger partial charge in [0.05, 0.1) is 17.1 Å². The molecule has 0 aromatic heterocycles.